The molecule has 2 aromatic carbocycles. The molecule has 8 nitrogen and oxygen atoms in total. The molecule has 8 heteroatoms. The molecule has 6 rings (SSSR count). The van der Waals surface area contributed by atoms with Crippen molar-refractivity contribution in [3.8, 4) is 29.1 Å². The Labute approximate surface area is 221 Å². The minimum Gasteiger partial charge on any atom is -0.446 e. The van der Waals surface area contributed by atoms with E-state index in [1.807, 2.05) is 50.2 Å². The van der Waals surface area contributed by atoms with Gasteiger partial charge >= 0.3 is 12.1 Å². The van der Waals surface area contributed by atoms with Gasteiger partial charge in [-0.3, -0.25) is 5.32 Å². The van der Waals surface area contributed by atoms with Crippen LogP contribution < -0.4 is 10.1 Å². The largest absolute Gasteiger partial charge is 0.446 e. The molecule has 192 valence electrons. The number of hydrogen-bond donors (Lipinski definition) is 1. The average molecular weight is 508 g/mol. The lowest BCUT2D eigenvalue weighted by Crippen LogP contribution is -2.21. The van der Waals surface area contributed by atoms with E-state index in [4.69, 9.17) is 9.47 Å². The lowest BCUT2D eigenvalue weighted by Gasteiger charge is -2.16. The summed E-state index contributed by atoms with van der Waals surface area (Å²) in [5, 5.41) is 14.0. The molecule has 2 saturated carbocycles. The maximum atomic E-state index is 12.4. The Morgan fingerprint density at radius 3 is 2.63 bits per heavy atom. The van der Waals surface area contributed by atoms with Gasteiger partial charge in [-0.15, -0.1) is 0 Å². The number of aryl methyl sites for hydroxylation is 1. The van der Waals surface area contributed by atoms with Crippen molar-refractivity contribution in [2.45, 2.75) is 52.2 Å². The summed E-state index contributed by atoms with van der Waals surface area (Å²) in [4.78, 5) is 20.7. The van der Waals surface area contributed by atoms with E-state index >= 15 is 0 Å². The first kappa shape index (κ1) is 24.0. The third kappa shape index (κ3) is 4.92. The number of amides is 1. The molecular formula is C30H29N5O3. The van der Waals surface area contributed by atoms with Crippen molar-refractivity contribution < 1.29 is 14.3 Å². The van der Waals surface area contributed by atoms with Crippen molar-refractivity contribution in [1.82, 2.24) is 14.5 Å². The number of carbonyl (C=O) groups excluding carboxylic acids is 1. The van der Waals surface area contributed by atoms with Crippen LogP contribution in [0.25, 0.3) is 22.2 Å². The topological polar surface area (TPSA) is 102 Å². The average Bonchev–Trinajstić information content (AvgIpc) is 3.83. The highest BCUT2D eigenvalue weighted by Gasteiger charge is 2.31. The summed E-state index contributed by atoms with van der Waals surface area (Å²) in [6.07, 6.45) is 7.35. The van der Waals surface area contributed by atoms with Gasteiger partial charge in [-0.05, 0) is 87.3 Å². The zero-order valence-electron chi connectivity index (χ0n) is 21.5. The highest BCUT2D eigenvalue weighted by atomic mass is 16.6. The summed E-state index contributed by atoms with van der Waals surface area (Å²) in [6.45, 7) is 4.76. The lowest BCUT2D eigenvalue weighted by atomic mass is 10.0. The second kappa shape index (κ2) is 9.82. The Kier molecular flexibility index (Phi) is 6.20. The van der Waals surface area contributed by atoms with Crippen LogP contribution in [0.3, 0.4) is 0 Å². The first-order valence-corrected chi connectivity index (χ1v) is 13.1. The Balaban J connectivity index is 1.36. The molecule has 0 radical (unpaired) electrons. The Bertz CT molecular complexity index is 1550. The van der Waals surface area contributed by atoms with E-state index in [2.05, 4.69) is 25.9 Å². The predicted molar refractivity (Wildman–Crippen MR) is 144 cm³/mol. The quantitative estimate of drug-likeness (QED) is 0.280. The minimum absolute atomic E-state index is 0.0750. The highest BCUT2D eigenvalue weighted by Crippen LogP contribution is 2.41. The van der Waals surface area contributed by atoms with Gasteiger partial charge in [0, 0.05) is 41.6 Å². The normalized spacial score (nSPS) is 15.6. The molecular weight excluding hydrogens is 478 g/mol. The SMILES string of the molecule is Cc1cc(NC(=O)O[C@H](C)C2CC2)ccc1-c1c(C#N)c2ccc(Oc3ncccn3)cc2n1CC1CC1. The lowest BCUT2D eigenvalue weighted by molar-refractivity contribution is 0.108. The van der Waals surface area contributed by atoms with Gasteiger partial charge in [-0.2, -0.15) is 5.26 Å². The van der Waals surface area contributed by atoms with Crippen LogP contribution in [0.1, 0.15) is 43.7 Å². The number of nitriles is 1. The molecule has 2 fully saturated rings. The van der Waals surface area contributed by atoms with Crippen LogP contribution in [0.2, 0.25) is 0 Å². The first-order chi connectivity index (χ1) is 18.5. The summed E-state index contributed by atoms with van der Waals surface area (Å²) >= 11 is 0. The molecule has 1 amide bonds. The maximum Gasteiger partial charge on any atom is 0.411 e. The van der Waals surface area contributed by atoms with E-state index in [-0.39, 0.29) is 12.1 Å². The molecule has 0 saturated heterocycles. The number of nitrogens with one attached hydrogen (secondary N) is 1. The second-order valence-electron chi connectivity index (χ2n) is 10.3. The van der Waals surface area contributed by atoms with Crippen molar-refractivity contribution in [3.63, 3.8) is 0 Å². The molecule has 2 aromatic heterocycles. The van der Waals surface area contributed by atoms with Crippen LogP contribution in [0.5, 0.6) is 11.8 Å². The third-order valence-corrected chi connectivity index (χ3v) is 7.34. The number of ether oxygens (including phenoxy) is 2. The van der Waals surface area contributed by atoms with Crippen molar-refractivity contribution in [1.29, 1.82) is 5.26 Å². The number of benzene rings is 2. The van der Waals surface area contributed by atoms with Gasteiger partial charge in [0.25, 0.3) is 0 Å². The van der Waals surface area contributed by atoms with Gasteiger partial charge in [-0.25, -0.2) is 14.8 Å². The number of fused-ring (bicyclic) bond motifs is 1. The van der Waals surface area contributed by atoms with Gasteiger partial charge in [0.2, 0.25) is 0 Å². The fourth-order valence-corrected chi connectivity index (χ4v) is 4.96. The third-order valence-electron chi connectivity index (χ3n) is 7.34. The van der Waals surface area contributed by atoms with Crippen molar-refractivity contribution >= 4 is 22.7 Å². The van der Waals surface area contributed by atoms with Gasteiger partial charge in [0.05, 0.1) is 16.8 Å². The van der Waals surface area contributed by atoms with Crippen molar-refractivity contribution in [2.24, 2.45) is 11.8 Å². The van der Waals surface area contributed by atoms with Crippen LogP contribution in [0.15, 0.2) is 54.9 Å². The van der Waals surface area contributed by atoms with Crippen LogP contribution >= 0.6 is 0 Å². The van der Waals surface area contributed by atoms with Gasteiger partial charge in [0.15, 0.2) is 0 Å². The zero-order chi connectivity index (χ0) is 26.2. The molecule has 1 atom stereocenters. The van der Waals surface area contributed by atoms with E-state index in [9.17, 15) is 10.1 Å². The summed E-state index contributed by atoms with van der Waals surface area (Å²) in [5.74, 6) is 1.68. The predicted octanol–water partition coefficient (Wildman–Crippen LogP) is 6.83. The van der Waals surface area contributed by atoms with E-state index in [0.717, 1.165) is 47.1 Å². The zero-order valence-corrected chi connectivity index (χ0v) is 21.5. The van der Waals surface area contributed by atoms with Crippen LogP contribution in [-0.4, -0.2) is 26.7 Å². The van der Waals surface area contributed by atoms with E-state index in [1.54, 1.807) is 18.5 Å². The van der Waals surface area contributed by atoms with E-state index < -0.39 is 6.09 Å². The van der Waals surface area contributed by atoms with Gasteiger partial charge in [-0.1, -0.05) is 6.07 Å². The molecule has 0 unspecified atom stereocenters. The fraction of sp³-hybridized carbons (Fsp3) is 0.333. The summed E-state index contributed by atoms with van der Waals surface area (Å²) < 4.78 is 13.7. The summed E-state index contributed by atoms with van der Waals surface area (Å²) in [6, 6.07) is 16.0. The first-order valence-electron chi connectivity index (χ1n) is 13.1. The minimum atomic E-state index is -0.438. The van der Waals surface area contributed by atoms with Crippen LogP contribution in [0.4, 0.5) is 10.5 Å². The fourth-order valence-electron chi connectivity index (χ4n) is 4.96. The van der Waals surface area contributed by atoms with E-state index in [0.29, 0.717) is 28.8 Å². The second-order valence-corrected chi connectivity index (χ2v) is 10.3. The number of carbonyl (C=O) groups is 1. The standard InChI is InChI=1S/C30H29N5O3/c1-18-14-22(34-30(36)37-19(2)21-6-7-21)8-10-24(18)28-26(16-31)25-11-9-23(38-29-32-12-3-13-33-29)15-27(25)35(28)17-20-4-5-20/h3,8-15,19-21H,4-7,17H2,1-2H3,(H,34,36)/t19-/m1/s1. The number of anilines is 1. The molecule has 0 aliphatic heterocycles. The smallest absolute Gasteiger partial charge is 0.411 e. The van der Waals surface area contributed by atoms with Gasteiger partial charge < -0.3 is 14.0 Å². The monoisotopic (exact) mass is 507 g/mol. The Morgan fingerprint density at radius 1 is 1.16 bits per heavy atom. The van der Waals surface area contributed by atoms with E-state index in [1.165, 1.54) is 12.8 Å². The molecule has 2 heterocycles. The molecule has 2 aliphatic carbocycles. The molecule has 1 N–H and O–H groups in total. The maximum absolute atomic E-state index is 12.4. The highest BCUT2D eigenvalue weighted by molar-refractivity contribution is 5.96. The molecule has 38 heavy (non-hydrogen) atoms. The molecule has 4 aromatic rings. The number of hydrogen-bond acceptors (Lipinski definition) is 6. The van der Waals surface area contributed by atoms with Crippen molar-refractivity contribution in [3.05, 3.63) is 66.0 Å². The molecule has 0 spiro atoms. The van der Waals surface area contributed by atoms with Crippen molar-refractivity contribution in [2.75, 3.05) is 5.32 Å². The number of rotatable bonds is 8. The summed E-state index contributed by atoms with van der Waals surface area (Å²) in [7, 11) is 0. The van der Waals surface area contributed by atoms with Gasteiger partial charge in [0.1, 0.15) is 17.9 Å². The Hall–Kier alpha value is -4.38. The Morgan fingerprint density at radius 2 is 1.95 bits per heavy atom. The molecule has 2 aliphatic rings. The number of nitrogens with zero attached hydrogens (tertiary/aromatic N) is 4. The van der Waals surface area contributed by atoms with Crippen LogP contribution in [0, 0.1) is 30.1 Å². The number of aromatic nitrogens is 3. The molecule has 0 bridgehead atoms. The summed E-state index contributed by atoms with van der Waals surface area (Å²) in [5.41, 5.74) is 5.04. The van der Waals surface area contributed by atoms with Crippen LogP contribution in [-0.2, 0) is 11.3 Å².